The number of hydrogen-bond acceptors (Lipinski definition) is 6. The maximum absolute atomic E-state index is 5.68. The Balaban J connectivity index is 1.73. The average molecular weight is 417 g/mol. The third kappa shape index (κ3) is 8.99. The molecule has 1 aliphatic rings. The van der Waals surface area contributed by atoms with E-state index in [1.165, 1.54) is 5.56 Å². The van der Waals surface area contributed by atoms with Crippen LogP contribution in [0.4, 0.5) is 0 Å². The molecule has 0 spiro atoms. The van der Waals surface area contributed by atoms with Crippen molar-refractivity contribution in [2.24, 2.45) is 0 Å². The lowest BCUT2D eigenvalue weighted by molar-refractivity contribution is -0.124. The van der Waals surface area contributed by atoms with Gasteiger partial charge in [0.1, 0.15) is 11.9 Å². The molecule has 6 heteroatoms. The lowest BCUT2D eigenvalue weighted by Crippen LogP contribution is -2.39. The fourth-order valence-electron chi connectivity index (χ4n) is 2.47. The molecule has 1 aromatic heterocycles. The van der Waals surface area contributed by atoms with Crippen LogP contribution in [0.3, 0.4) is 0 Å². The first-order valence-electron chi connectivity index (χ1n) is 9.85. The molecule has 2 rings (SSSR count). The molecule has 0 saturated carbocycles. The molecular weight excluding hydrogens is 384 g/mol. The van der Waals surface area contributed by atoms with Crippen LogP contribution in [0.15, 0.2) is 53.5 Å². The third-order valence-corrected chi connectivity index (χ3v) is 5.17. The van der Waals surface area contributed by atoms with E-state index in [0.717, 1.165) is 13.1 Å². The van der Waals surface area contributed by atoms with Crippen LogP contribution >= 0.6 is 11.3 Å². The van der Waals surface area contributed by atoms with Gasteiger partial charge >= 0.3 is 0 Å². The SMILES string of the molecule is CCN(CC=CC#CC(C)(C)OC)CN1OC=CC1C=CCOCc1ccsc1. The molecule has 0 aromatic carbocycles. The fourth-order valence-corrected chi connectivity index (χ4v) is 3.13. The van der Waals surface area contributed by atoms with E-state index in [0.29, 0.717) is 19.9 Å². The van der Waals surface area contributed by atoms with Crippen molar-refractivity contribution in [3.63, 3.8) is 0 Å². The summed E-state index contributed by atoms with van der Waals surface area (Å²) in [6, 6.07) is 2.20. The second-order valence-corrected chi connectivity index (χ2v) is 7.89. The van der Waals surface area contributed by atoms with Crippen molar-refractivity contribution in [2.45, 2.75) is 39.0 Å². The normalized spacial score (nSPS) is 17.3. The number of likely N-dealkylation sites (N-methyl/N-ethyl adjacent to an activating group) is 1. The Bertz CT molecular complexity index is 729. The Morgan fingerprint density at radius 3 is 2.97 bits per heavy atom. The summed E-state index contributed by atoms with van der Waals surface area (Å²) in [5, 5.41) is 6.12. The monoisotopic (exact) mass is 416 g/mol. The topological polar surface area (TPSA) is 34.2 Å². The van der Waals surface area contributed by atoms with Crippen LogP contribution in [-0.4, -0.2) is 55.1 Å². The summed E-state index contributed by atoms with van der Waals surface area (Å²) in [6.45, 7) is 9.70. The Hall–Kier alpha value is -1.88. The van der Waals surface area contributed by atoms with Gasteiger partial charge in [0.15, 0.2) is 0 Å². The van der Waals surface area contributed by atoms with Gasteiger partial charge in [0.25, 0.3) is 0 Å². The van der Waals surface area contributed by atoms with Crippen molar-refractivity contribution >= 4 is 11.3 Å². The summed E-state index contributed by atoms with van der Waals surface area (Å²) in [7, 11) is 1.67. The maximum Gasteiger partial charge on any atom is 0.123 e. The largest absolute Gasteiger partial charge is 0.412 e. The van der Waals surface area contributed by atoms with E-state index in [2.05, 4.69) is 52.6 Å². The molecular formula is C23H32N2O3S. The van der Waals surface area contributed by atoms with E-state index >= 15 is 0 Å². The smallest absolute Gasteiger partial charge is 0.123 e. The van der Waals surface area contributed by atoms with Gasteiger partial charge in [-0.3, -0.25) is 4.90 Å². The van der Waals surface area contributed by atoms with Gasteiger partial charge in [0.2, 0.25) is 0 Å². The number of hydroxylamine groups is 2. The van der Waals surface area contributed by atoms with Gasteiger partial charge in [-0.2, -0.15) is 11.3 Å². The van der Waals surface area contributed by atoms with E-state index in [-0.39, 0.29) is 6.04 Å². The minimum Gasteiger partial charge on any atom is -0.412 e. The Kier molecular flexibility index (Phi) is 10.2. The number of thiophene rings is 1. The molecule has 0 fully saturated rings. The lowest BCUT2D eigenvalue weighted by Gasteiger charge is -2.27. The summed E-state index contributed by atoms with van der Waals surface area (Å²) in [5.74, 6) is 6.12. The van der Waals surface area contributed by atoms with Crippen molar-refractivity contribution < 1.29 is 14.3 Å². The number of rotatable bonds is 11. The van der Waals surface area contributed by atoms with Crippen LogP contribution < -0.4 is 0 Å². The predicted molar refractivity (Wildman–Crippen MR) is 119 cm³/mol. The van der Waals surface area contributed by atoms with Gasteiger partial charge in [0, 0.05) is 13.7 Å². The number of hydrogen-bond donors (Lipinski definition) is 0. The molecule has 0 N–H and O–H groups in total. The highest BCUT2D eigenvalue weighted by Crippen LogP contribution is 2.14. The number of ether oxygens (including phenoxy) is 2. The van der Waals surface area contributed by atoms with Gasteiger partial charge in [-0.05, 0) is 54.9 Å². The molecule has 29 heavy (non-hydrogen) atoms. The summed E-state index contributed by atoms with van der Waals surface area (Å²) in [4.78, 5) is 7.93. The Morgan fingerprint density at radius 2 is 2.24 bits per heavy atom. The number of methoxy groups -OCH3 is 1. The second-order valence-electron chi connectivity index (χ2n) is 7.11. The minimum atomic E-state index is -0.420. The molecule has 0 saturated heterocycles. The zero-order valence-electron chi connectivity index (χ0n) is 17.8. The summed E-state index contributed by atoms with van der Waals surface area (Å²) >= 11 is 1.69. The average Bonchev–Trinajstić information content (AvgIpc) is 3.38. The molecule has 0 aliphatic carbocycles. The summed E-state index contributed by atoms with van der Waals surface area (Å²) in [6.07, 6.45) is 11.9. The molecule has 1 unspecified atom stereocenters. The molecule has 0 radical (unpaired) electrons. The fraction of sp³-hybridized carbons (Fsp3) is 0.478. The van der Waals surface area contributed by atoms with Crippen molar-refractivity contribution in [1.82, 2.24) is 9.96 Å². The van der Waals surface area contributed by atoms with Crippen molar-refractivity contribution in [2.75, 3.05) is 33.5 Å². The van der Waals surface area contributed by atoms with Crippen molar-refractivity contribution in [1.29, 1.82) is 0 Å². The van der Waals surface area contributed by atoms with Crippen LogP contribution in [0.25, 0.3) is 0 Å². The first-order chi connectivity index (χ1) is 14.0. The lowest BCUT2D eigenvalue weighted by atomic mass is 10.1. The number of nitrogens with zero attached hydrogens (tertiary/aromatic N) is 2. The van der Waals surface area contributed by atoms with Crippen molar-refractivity contribution in [3.8, 4) is 11.8 Å². The highest BCUT2D eigenvalue weighted by molar-refractivity contribution is 7.07. The van der Waals surface area contributed by atoms with Gasteiger partial charge < -0.3 is 14.3 Å². The summed E-state index contributed by atoms with van der Waals surface area (Å²) < 4.78 is 11.0. The van der Waals surface area contributed by atoms with E-state index in [1.807, 2.05) is 37.1 Å². The predicted octanol–water partition coefficient (Wildman–Crippen LogP) is 4.21. The molecule has 1 atom stereocenters. The van der Waals surface area contributed by atoms with Crippen LogP contribution in [-0.2, 0) is 20.9 Å². The quantitative estimate of drug-likeness (QED) is 0.307. The molecule has 0 bridgehead atoms. The standard InChI is InChI=1S/C23H32N2O3S/c1-5-24(14-8-6-7-13-23(2,3)26-4)20-25-22(11-16-28-25)10-9-15-27-18-21-12-17-29-19-21/h6,8-12,16-17,19,22H,5,14-15,18,20H2,1-4H3. The molecule has 5 nitrogen and oxygen atoms in total. The van der Waals surface area contributed by atoms with Crippen LogP contribution in [0.2, 0.25) is 0 Å². The maximum atomic E-state index is 5.68. The molecule has 1 aromatic rings. The van der Waals surface area contributed by atoms with Crippen molar-refractivity contribution in [3.05, 3.63) is 59.0 Å². The zero-order valence-corrected chi connectivity index (χ0v) is 18.7. The first-order valence-corrected chi connectivity index (χ1v) is 10.8. The van der Waals surface area contributed by atoms with E-state index in [9.17, 15) is 0 Å². The van der Waals surface area contributed by atoms with Gasteiger partial charge in [-0.25, -0.2) is 0 Å². The molecule has 1 aliphatic heterocycles. The van der Waals surface area contributed by atoms with Crippen LogP contribution in [0.1, 0.15) is 26.3 Å². The molecule has 158 valence electrons. The molecule has 0 amide bonds. The minimum absolute atomic E-state index is 0.111. The highest BCUT2D eigenvalue weighted by Gasteiger charge is 2.21. The Labute approximate surface area is 179 Å². The van der Waals surface area contributed by atoms with Gasteiger partial charge in [-0.15, -0.1) is 5.06 Å². The number of allylic oxidation sites excluding steroid dienone is 1. The van der Waals surface area contributed by atoms with Gasteiger partial charge in [0.05, 0.1) is 25.9 Å². The van der Waals surface area contributed by atoms with E-state index < -0.39 is 5.60 Å². The van der Waals surface area contributed by atoms with E-state index in [1.54, 1.807) is 24.7 Å². The van der Waals surface area contributed by atoms with Crippen LogP contribution in [0, 0.1) is 11.8 Å². The summed E-state index contributed by atoms with van der Waals surface area (Å²) in [5.41, 5.74) is 0.799. The highest BCUT2D eigenvalue weighted by atomic mass is 32.1. The zero-order chi connectivity index (χ0) is 21.0. The Morgan fingerprint density at radius 1 is 1.38 bits per heavy atom. The van der Waals surface area contributed by atoms with Crippen LogP contribution in [0.5, 0.6) is 0 Å². The molecule has 2 heterocycles. The second kappa shape index (κ2) is 12.6. The van der Waals surface area contributed by atoms with Gasteiger partial charge in [-0.1, -0.05) is 37.0 Å². The first kappa shape index (κ1) is 23.4. The third-order valence-electron chi connectivity index (χ3n) is 4.44. The van der Waals surface area contributed by atoms with E-state index in [4.69, 9.17) is 14.3 Å².